The van der Waals surface area contributed by atoms with Gasteiger partial charge in [-0.15, -0.1) is 0 Å². The molecular weight excluding hydrogens is 384 g/mol. The molecule has 0 aliphatic heterocycles. The third-order valence-corrected chi connectivity index (χ3v) is 3.85. The molecule has 2 rings (SSSR count). The number of rotatable bonds is 7. The molecule has 0 heterocycles. The first-order chi connectivity index (χ1) is 12.0. The van der Waals surface area contributed by atoms with Gasteiger partial charge in [0.2, 0.25) is 0 Å². The Hall–Kier alpha value is -2.34. The molecule has 0 radical (unpaired) electrons. The molecule has 0 atom stereocenters. The van der Waals surface area contributed by atoms with Crippen LogP contribution in [0, 0.1) is 13.8 Å². The van der Waals surface area contributed by atoms with Crippen molar-refractivity contribution in [2.45, 2.75) is 20.8 Å². The number of hydrogen-bond acceptors (Lipinski definition) is 4. The lowest BCUT2D eigenvalue weighted by atomic mass is 10.1. The number of halogens is 1. The summed E-state index contributed by atoms with van der Waals surface area (Å²) < 4.78 is 12.0. The normalized spacial score (nSPS) is 10.7. The molecule has 2 aromatic rings. The fourth-order valence-electron chi connectivity index (χ4n) is 2.22. The first-order valence-corrected chi connectivity index (χ1v) is 8.73. The number of carbonyl (C=O) groups is 1. The lowest BCUT2D eigenvalue weighted by Crippen LogP contribution is -2.24. The second-order valence-corrected chi connectivity index (χ2v) is 6.38. The molecule has 0 aliphatic rings. The van der Waals surface area contributed by atoms with Crippen LogP contribution in [0.25, 0.3) is 0 Å². The third kappa shape index (κ3) is 5.90. The maximum absolute atomic E-state index is 11.9. The minimum absolute atomic E-state index is 0.0992. The largest absolute Gasteiger partial charge is 0.493 e. The lowest BCUT2D eigenvalue weighted by molar-refractivity contribution is -0.123. The van der Waals surface area contributed by atoms with E-state index in [-0.39, 0.29) is 12.5 Å². The Bertz CT molecular complexity index is 775. The quantitative estimate of drug-likeness (QED) is 0.560. The Balaban J connectivity index is 1.91. The lowest BCUT2D eigenvalue weighted by Gasteiger charge is -2.09. The summed E-state index contributed by atoms with van der Waals surface area (Å²) in [6.07, 6.45) is 1.55. The van der Waals surface area contributed by atoms with E-state index in [0.717, 1.165) is 21.2 Å². The highest BCUT2D eigenvalue weighted by Crippen LogP contribution is 2.21. The highest BCUT2D eigenvalue weighted by atomic mass is 79.9. The van der Waals surface area contributed by atoms with Gasteiger partial charge in [0.05, 0.1) is 12.8 Å². The predicted octanol–water partition coefficient (Wildman–Crippen LogP) is 3.99. The zero-order valence-electron chi connectivity index (χ0n) is 14.5. The standard InChI is InChI=1S/C19H21BrN2O3/c1-4-24-18-8-6-16(20)10-15(18)11-21-22-19(23)12-25-17-7-5-13(2)9-14(17)3/h5-11H,4,12H2,1-3H3,(H,22,23)/b21-11+. The van der Waals surface area contributed by atoms with E-state index >= 15 is 0 Å². The molecule has 0 unspecified atom stereocenters. The van der Waals surface area contributed by atoms with Crippen LogP contribution in [0.5, 0.6) is 11.5 Å². The molecule has 6 heteroatoms. The summed E-state index contributed by atoms with van der Waals surface area (Å²) in [5.41, 5.74) is 5.37. The average molecular weight is 405 g/mol. The molecule has 0 aromatic heterocycles. The molecule has 0 saturated heterocycles. The van der Waals surface area contributed by atoms with Gasteiger partial charge in [-0.05, 0) is 50.6 Å². The van der Waals surface area contributed by atoms with Crippen LogP contribution in [0.2, 0.25) is 0 Å². The monoisotopic (exact) mass is 404 g/mol. The van der Waals surface area contributed by atoms with Crippen molar-refractivity contribution < 1.29 is 14.3 Å². The number of nitrogens with zero attached hydrogens (tertiary/aromatic N) is 1. The van der Waals surface area contributed by atoms with Crippen molar-refractivity contribution in [2.75, 3.05) is 13.2 Å². The third-order valence-electron chi connectivity index (χ3n) is 3.35. The second-order valence-electron chi connectivity index (χ2n) is 5.47. The molecule has 1 N–H and O–H groups in total. The molecule has 2 aromatic carbocycles. The number of benzene rings is 2. The summed E-state index contributed by atoms with van der Waals surface area (Å²) in [4.78, 5) is 11.9. The average Bonchev–Trinajstić information content (AvgIpc) is 2.56. The minimum atomic E-state index is -0.329. The summed E-state index contributed by atoms with van der Waals surface area (Å²) in [6.45, 7) is 6.32. The van der Waals surface area contributed by atoms with Gasteiger partial charge in [0.15, 0.2) is 6.61 Å². The van der Waals surface area contributed by atoms with Crippen molar-refractivity contribution in [3.05, 3.63) is 57.6 Å². The molecule has 1 amide bonds. The molecule has 0 fully saturated rings. The van der Waals surface area contributed by atoms with Crippen molar-refractivity contribution in [1.29, 1.82) is 0 Å². The van der Waals surface area contributed by atoms with Gasteiger partial charge in [0.25, 0.3) is 5.91 Å². The molecule has 0 spiro atoms. The first kappa shape index (κ1) is 19.0. The van der Waals surface area contributed by atoms with Gasteiger partial charge in [-0.1, -0.05) is 33.6 Å². The Kier molecular flexibility index (Phi) is 7.01. The fraction of sp³-hybridized carbons (Fsp3) is 0.263. The zero-order valence-corrected chi connectivity index (χ0v) is 16.1. The fourth-order valence-corrected chi connectivity index (χ4v) is 2.60. The molecule has 5 nitrogen and oxygen atoms in total. The van der Waals surface area contributed by atoms with E-state index in [1.54, 1.807) is 6.21 Å². The number of carbonyl (C=O) groups excluding carboxylic acids is 1. The maximum atomic E-state index is 11.9. The van der Waals surface area contributed by atoms with Crippen molar-refractivity contribution in [2.24, 2.45) is 5.10 Å². The van der Waals surface area contributed by atoms with Gasteiger partial charge in [-0.25, -0.2) is 5.43 Å². The number of ether oxygens (including phenoxy) is 2. The van der Waals surface area contributed by atoms with E-state index < -0.39 is 0 Å². The second kappa shape index (κ2) is 9.22. The van der Waals surface area contributed by atoms with Gasteiger partial charge in [-0.2, -0.15) is 5.10 Å². The topological polar surface area (TPSA) is 59.9 Å². The zero-order chi connectivity index (χ0) is 18.2. The maximum Gasteiger partial charge on any atom is 0.277 e. The van der Waals surface area contributed by atoms with E-state index in [0.29, 0.717) is 18.1 Å². The number of amides is 1. The van der Waals surface area contributed by atoms with E-state index in [1.807, 2.05) is 57.2 Å². The molecule has 0 saturated carbocycles. The first-order valence-electron chi connectivity index (χ1n) is 7.94. The van der Waals surface area contributed by atoms with Crippen LogP contribution in [-0.2, 0) is 4.79 Å². The molecule has 0 bridgehead atoms. The number of hydrazone groups is 1. The van der Waals surface area contributed by atoms with E-state index in [4.69, 9.17) is 9.47 Å². The van der Waals surface area contributed by atoms with Gasteiger partial charge >= 0.3 is 0 Å². The van der Waals surface area contributed by atoms with Gasteiger partial charge < -0.3 is 9.47 Å². The SMILES string of the molecule is CCOc1ccc(Br)cc1/C=N/NC(=O)COc1ccc(C)cc1C. The highest BCUT2D eigenvalue weighted by Gasteiger charge is 2.05. The minimum Gasteiger partial charge on any atom is -0.493 e. The summed E-state index contributed by atoms with van der Waals surface area (Å²) >= 11 is 3.41. The van der Waals surface area contributed by atoms with Gasteiger partial charge in [0, 0.05) is 10.0 Å². The van der Waals surface area contributed by atoms with Crippen LogP contribution in [0.15, 0.2) is 46.0 Å². The summed E-state index contributed by atoms with van der Waals surface area (Å²) in [6, 6.07) is 11.4. The highest BCUT2D eigenvalue weighted by molar-refractivity contribution is 9.10. The van der Waals surface area contributed by atoms with Gasteiger partial charge in [0.1, 0.15) is 11.5 Å². The summed E-state index contributed by atoms with van der Waals surface area (Å²) in [7, 11) is 0. The van der Waals surface area contributed by atoms with Crippen molar-refractivity contribution in [3.8, 4) is 11.5 Å². The van der Waals surface area contributed by atoms with Crippen LogP contribution in [0.4, 0.5) is 0 Å². The van der Waals surface area contributed by atoms with Crippen molar-refractivity contribution in [3.63, 3.8) is 0 Å². The van der Waals surface area contributed by atoms with Gasteiger partial charge in [-0.3, -0.25) is 4.79 Å². The van der Waals surface area contributed by atoms with Crippen LogP contribution in [0.1, 0.15) is 23.6 Å². The van der Waals surface area contributed by atoms with E-state index in [1.165, 1.54) is 0 Å². The van der Waals surface area contributed by atoms with Crippen LogP contribution >= 0.6 is 15.9 Å². The molecule has 0 aliphatic carbocycles. The number of hydrogen-bond donors (Lipinski definition) is 1. The van der Waals surface area contributed by atoms with Crippen LogP contribution in [-0.4, -0.2) is 25.3 Å². The van der Waals surface area contributed by atoms with Crippen molar-refractivity contribution in [1.82, 2.24) is 5.43 Å². The van der Waals surface area contributed by atoms with Crippen molar-refractivity contribution >= 4 is 28.1 Å². The molecule has 132 valence electrons. The molecular formula is C19H21BrN2O3. The van der Waals surface area contributed by atoms with Crippen LogP contribution < -0.4 is 14.9 Å². The van der Waals surface area contributed by atoms with E-state index in [2.05, 4.69) is 26.5 Å². The Morgan fingerprint density at radius 2 is 1.92 bits per heavy atom. The Morgan fingerprint density at radius 1 is 1.16 bits per heavy atom. The van der Waals surface area contributed by atoms with E-state index in [9.17, 15) is 4.79 Å². The number of aryl methyl sites for hydroxylation is 2. The summed E-state index contributed by atoms with van der Waals surface area (Å²) in [5, 5.41) is 3.97. The predicted molar refractivity (Wildman–Crippen MR) is 102 cm³/mol. The number of nitrogens with one attached hydrogen (secondary N) is 1. The summed E-state index contributed by atoms with van der Waals surface area (Å²) in [5.74, 6) is 1.06. The Morgan fingerprint density at radius 3 is 2.64 bits per heavy atom. The Labute approximate surface area is 156 Å². The van der Waals surface area contributed by atoms with Crippen LogP contribution in [0.3, 0.4) is 0 Å². The smallest absolute Gasteiger partial charge is 0.277 e. The molecule has 25 heavy (non-hydrogen) atoms.